The molecule has 3 rings (SSSR count). The van der Waals surface area contributed by atoms with Crippen LogP contribution in [0.2, 0.25) is 0 Å². The van der Waals surface area contributed by atoms with Crippen LogP contribution in [0, 0.1) is 0 Å². The first-order valence-electron chi connectivity index (χ1n) is 7.23. The van der Waals surface area contributed by atoms with Crippen molar-refractivity contribution in [1.29, 1.82) is 0 Å². The summed E-state index contributed by atoms with van der Waals surface area (Å²) in [6.07, 6.45) is 3.15. The molecule has 1 aromatic carbocycles. The Labute approximate surface area is 133 Å². The van der Waals surface area contributed by atoms with E-state index in [1.54, 1.807) is 59.8 Å². The number of phenols is 1. The number of phenolic OH excluding ortho intramolecular Hbond substituents is 1. The van der Waals surface area contributed by atoms with Crippen molar-refractivity contribution in [2.75, 3.05) is 0 Å². The molecule has 0 saturated heterocycles. The van der Waals surface area contributed by atoms with Gasteiger partial charge >= 0.3 is 0 Å². The second-order valence-electron chi connectivity index (χ2n) is 5.08. The first kappa shape index (κ1) is 14.8. The monoisotopic (exact) mass is 308 g/mol. The summed E-state index contributed by atoms with van der Waals surface area (Å²) in [5.41, 5.74) is 1.03. The van der Waals surface area contributed by atoms with Crippen LogP contribution in [0.3, 0.4) is 0 Å². The standard InChI is InChI=1S/C18H16N2O3/c21-17-9-2-1-6-14(17)12-20(13-15-7-5-11-23-15)18(22)16-8-3-4-10-19-16/h1-11,21H,12-13H2. The van der Waals surface area contributed by atoms with E-state index < -0.39 is 0 Å². The van der Waals surface area contributed by atoms with Crippen molar-refractivity contribution in [2.45, 2.75) is 13.1 Å². The van der Waals surface area contributed by atoms with Gasteiger partial charge in [-0.05, 0) is 30.3 Å². The van der Waals surface area contributed by atoms with Gasteiger partial charge in [-0.25, -0.2) is 0 Å². The Morgan fingerprint density at radius 3 is 2.57 bits per heavy atom. The molecular formula is C18H16N2O3. The van der Waals surface area contributed by atoms with E-state index in [4.69, 9.17) is 4.42 Å². The average Bonchev–Trinajstić information content (AvgIpc) is 3.09. The number of hydrogen-bond donors (Lipinski definition) is 1. The molecule has 0 fully saturated rings. The predicted octanol–water partition coefficient (Wildman–Crippen LogP) is 3.22. The highest BCUT2D eigenvalue weighted by atomic mass is 16.3. The number of nitrogens with zero attached hydrogens (tertiary/aromatic N) is 2. The molecule has 0 aliphatic carbocycles. The summed E-state index contributed by atoms with van der Waals surface area (Å²) in [4.78, 5) is 18.4. The third-order valence-electron chi connectivity index (χ3n) is 3.45. The SMILES string of the molecule is O=C(c1ccccn1)N(Cc1ccco1)Cc1ccccc1O. The smallest absolute Gasteiger partial charge is 0.273 e. The molecule has 5 nitrogen and oxygen atoms in total. The molecule has 0 spiro atoms. The molecule has 1 N–H and O–H groups in total. The van der Waals surface area contributed by atoms with Crippen LogP contribution in [0.5, 0.6) is 5.75 Å². The van der Waals surface area contributed by atoms with E-state index in [1.807, 2.05) is 12.1 Å². The van der Waals surface area contributed by atoms with Crippen LogP contribution >= 0.6 is 0 Å². The molecular weight excluding hydrogens is 292 g/mol. The Bertz CT molecular complexity index is 770. The van der Waals surface area contributed by atoms with Gasteiger partial charge in [0.05, 0.1) is 19.4 Å². The molecule has 23 heavy (non-hydrogen) atoms. The molecule has 5 heteroatoms. The van der Waals surface area contributed by atoms with E-state index in [9.17, 15) is 9.90 Å². The maximum Gasteiger partial charge on any atom is 0.273 e. The number of rotatable bonds is 5. The van der Waals surface area contributed by atoms with Crippen molar-refractivity contribution in [2.24, 2.45) is 0 Å². The molecule has 0 aliphatic heterocycles. The van der Waals surface area contributed by atoms with Gasteiger partial charge in [0.2, 0.25) is 0 Å². The van der Waals surface area contributed by atoms with Gasteiger partial charge in [-0.1, -0.05) is 24.3 Å². The normalized spacial score (nSPS) is 10.4. The van der Waals surface area contributed by atoms with Crippen LogP contribution in [0.4, 0.5) is 0 Å². The lowest BCUT2D eigenvalue weighted by atomic mass is 10.1. The van der Waals surface area contributed by atoms with Crippen LogP contribution in [0.15, 0.2) is 71.5 Å². The summed E-state index contributed by atoms with van der Waals surface area (Å²) in [5, 5.41) is 9.96. The fourth-order valence-corrected chi connectivity index (χ4v) is 2.29. The highest BCUT2D eigenvalue weighted by Crippen LogP contribution is 2.20. The Morgan fingerprint density at radius 2 is 1.87 bits per heavy atom. The zero-order valence-corrected chi connectivity index (χ0v) is 12.4. The summed E-state index contributed by atoms with van der Waals surface area (Å²) in [7, 11) is 0. The van der Waals surface area contributed by atoms with Crippen LogP contribution < -0.4 is 0 Å². The molecule has 0 bridgehead atoms. The molecule has 116 valence electrons. The van der Waals surface area contributed by atoms with Crippen molar-refractivity contribution in [3.05, 3.63) is 84.1 Å². The Kier molecular flexibility index (Phi) is 4.38. The highest BCUT2D eigenvalue weighted by Gasteiger charge is 2.19. The van der Waals surface area contributed by atoms with Gasteiger partial charge in [0.15, 0.2) is 0 Å². The van der Waals surface area contributed by atoms with Crippen molar-refractivity contribution in [3.63, 3.8) is 0 Å². The molecule has 0 unspecified atom stereocenters. The zero-order valence-electron chi connectivity index (χ0n) is 12.4. The highest BCUT2D eigenvalue weighted by molar-refractivity contribution is 5.92. The van der Waals surface area contributed by atoms with Gasteiger partial charge in [-0.3, -0.25) is 9.78 Å². The largest absolute Gasteiger partial charge is 0.508 e. The number of carbonyl (C=O) groups excluding carboxylic acids is 1. The number of benzene rings is 1. The maximum atomic E-state index is 12.7. The number of amides is 1. The lowest BCUT2D eigenvalue weighted by Gasteiger charge is -2.22. The van der Waals surface area contributed by atoms with Crippen molar-refractivity contribution in [3.8, 4) is 5.75 Å². The number of pyridine rings is 1. The summed E-state index contributed by atoms with van der Waals surface area (Å²) in [6, 6.07) is 15.7. The minimum Gasteiger partial charge on any atom is -0.508 e. The Morgan fingerprint density at radius 1 is 1.04 bits per heavy atom. The number of para-hydroxylation sites is 1. The molecule has 0 radical (unpaired) electrons. The van der Waals surface area contributed by atoms with Gasteiger partial charge in [0.1, 0.15) is 17.2 Å². The molecule has 0 atom stereocenters. The molecule has 2 aromatic heterocycles. The quantitative estimate of drug-likeness (QED) is 0.786. The molecule has 1 amide bonds. The molecule has 3 aromatic rings. The Balaban J connectivity index is 1.87. The van der Waals surface area contributed by atoms with E-state index in [0.717, 1.165) is 0 Å². The summed E-state index contributed by atoms with van der Waals surface area (Å²) < 4.78 is 5.34. The molecule has 0 saturated carbocycles. The number of aromatic nitrogens is 1. The number of carbonyl (C=O) groups is 1. The van der Waals surface area contributed by atoms with Gasteiger partial charge in [0.25, 0.3) is 5.91 Å². The lowest BCUT2D eigenvalue weighted by Crippen LogP contribution is -2.30. The topological polar surface area (TPSA) is 66.6 Å². The van der Waals surface area contributed by atoms with Crippen LogP contribution in [-0.4, -0.2) is 20.9 Å². The third-order valence-corrected chi connectivity index (χ3v) is 3.45. The lowest BCUT2D eigenvalue weighted by molar-refractivity contribution is 0.0710. The van der Waals surface area contributed by atoms with E-state index in [-0.39, 0.29) is 18.2 Å². The van der Waals surface area contributed by atoms with Gasteiger partial charge in [-0.2, -0.15) is 0 Å². The summed E-state index contributed by atoms with van der Waals surface area (Å²) in [6.45, 7) is 0.569. The van der Waals surface area contributed by atoms with Gasteiger partial charge < -0.3 is 14.4 Å². The maximum absolute atomic E-state index is 12.7. The average molecular weight is 308 g/mol. The summed E-state index contributed by atoms with van der Waals surface area (Å²) in [5.74, 6) is 0.612. The Hall–Kier alpha value is -3.08. The molecule has 2 heterocycles. The van der Waals surface area contributed by atoms with Gasteiger partial charge in [-0.15, -0.1) is 0 Å². The van der Waals surface area contributed by atoms with E-state index in [2.05, 4.69) is 4.98 Å². The number of furan rings is 1. The van der Waals surface area contributed by atoms with Crippen LogP contribution in [0.25, 0.3) is 0 Å². The van der Waals surface area contributed by atoms with Gasteiger partial charge in [0, 0.05) is 11.8 Å². The van der Waals surface area contributed by atoms with Crippen molar-refractivity contribution < 1.29 is 14.3 Å². The van der Waals surface area contributed by atoms with E-state index in [0.29, 0.717) is 23.6 Å². The summed E-state index contributed by atoms with van der Waals surface area (Å²) >= 11 is 0. The first-order valence-corrected chi connectivity index (χ1v) is 7.23. The molecule has 0 aliphatic rings. The first-order chi connectivity index (χ1) is 11.2. The van der Waals surface area contributed by atoms with E-state index in [1.165, 1.54) is 0 Å². The van der Waals surface area contributed by atoms with Crippen LogP contribution in [-0.2, 0) is 13.1 Å². The second-order valence-corrected chi connectivity index (χ2v) is 5.08. The number of aromatic hydroxyl groups is 1. The third kappa shape index (κ3) is 3.58. The minimum atomic E-state index is -0.217. The van der Waals surface area contributed by atoms with Crippen LogP contribution in [0.1, 0.15) is 21.8 Å². The second kappa shape index (κ2) is 6.79. The zero-order chi connectivity index (χ0) is 16.1. The van der Waals surface area contributed by atoms with Crippen molar-refractivity contribution >= 4 is 5.91 Å². The fraction of sp³-hybridized carbons (Fsp3) is 0.111. The minimum absolute atomic E-state index is 0.158. The number of hydrogen-bond acceptors (Lipinski definition) is 4. The predicted molar refractivity (Wildman–Crippen MR) is 84.6 cm³/mol. The van der Waals surface area contributed by atoms with Crippen molar-refractivity contribution in [1.82, 2.24) is 9.88 Å². The van der Waals surface area contributed by atoms with E-state index >= 15 is 0 Å². The fourth-order valence-electron chi connectivity index (χ4n) is 2.29.